The molecule has 4 atom stereocenters. The van der Waals surface area contributed by atoms with Crippen molar-refractivity contribution >= 4 is 50.6 Å². The number of nitrogens with zero attached hydrogens (tertiary/aromatic N) is 2. The van der Waals surface area contributed by atoms with Crippen LogP contribution in [0.5, 0.6) is 0 Å². The molecule has 0 bridgehead atoms. The fraction of sp³-hybridized carbons (Fsp3) is 0.350. The van der Waals surface area contributed by atoms with Crippen molar-refractivity contribution in [2.75, 3.05) is 12.4 Å². The van der Waals surface area contributed by atoms with Crippen molar-refractivity contribution in [2.45, 2.75) is 75.8 Å². The van der Waals surface area contributed by atoms with Gasteiger partial charge in [0.15, 0.2) is 5.78 Å². The van der Waals surface area contributed by atoms with Crippen molar-refractivity contribution in [3.8, 4) is 17.2 Å². The number of hydrogen-bond donors (Lipinski definition) is 2. The van der Waals surface area contributed by atoms with Gasteiger partial charge in [-0.05, 0) is 80.2 Å². The van der Waals surface area contributed by atoms with Crippen molar-refractivity contribution in [3.05, 3.63) is 95.7 Å². The van der Waals surface area contributed by atoms with Crippen molar-refractivity contribution in [3.63, 3.8) is 0 Å². The van der Waals surface area contributed by atoms with Crippen LogP contribution in [-0.4, -0.2) is 69.1 Å². The van der Waals surface area contributed by atoms with Crippen LogP contribution in [0.2, 0.25) is 0 Å². The molecule has 0 saturated heterocycles. The second-order valence-electron chi connectivity index (χ2n) is 13.9. The van der Waals surface area contributed by atoms with Crippen LogP contribution in [0.25, 0.3) is 22.0 Å². The lowest BCUT2D eigenvalue weighted by molar-refractivity contribution is -0.128. The van der Waals surface area contributed by atoms with E-state index in [1.165, 1.54) is 11.5 Å². The molecule has 1 aromatic heterocycles. The molecule has 11 heteroatoms. The Bertz CT molecular complexity index is 2030. The first kappa shape index (κ1) is 35.6. The lowest BCUT2D eigenvalue weighted by Crippen LogP contribution is -2.52. The normalized spacial score (nSPS) is 16.9. The Morgan fingerprint density at radius 1 is 0.961 bits per heavy atom. The molecule has 0 radical (unpaired) electrons. The van der Waals surface area contributed by atoms with E-state index in [0.29, 0.717) is 16.5 Å². The molecule has 10 nitrogen and oxygen atoms in total. The number of aromatic nitrogens is 1. The van der Waals surface area contributed by atoms with E-state index in [1.807, 2.05) is 53.9 Å². The zero-order chi connectivity index (χ0) is 36.3. The van der Waals surface area contributed by atoms with Gasteiger partial charge in [-0.3, -0.25) is 14.2 Å². The zero-order valence-corrected chi connectivity index (χ0v) is 30.0. The summed E-state index contributed by atoms with van der Waals surface area (Å²) in [5.74, 6) is -0.418. The third-order valence-electron chi connectivity index (χ3n) is 9.13. The molecule has 2 heterocycles. The van der Waals surface area contributed by atoms with Crippen LogP contribution in [0.4, 0.5) is 9.59 Å². The second-order valence-corrected chi connectivity index (χ2v) is 16.0. The Kier molecular flexibility index (Phi) is 10.4. The van der Waals surface area contributed by atoms with Crippen LogP contribution in [-0.2, 0) is 25.5 Å². The fourth-order valence-electron chi connectivity index (χ4n) is 6.74. The van der Waals surface area contributed by atoms with Gasteiger partial charge in [-0.1, -0.05) is 72.1 Å². The van der Waals surface area contributed by atoms with Crippen molar-refractivity contribution in [1.82, 2.24) is 15.2 Å². The molecule has 0 saturated carbocycles. The Morgan fingerprint density at radius 3 is 2.24 bits per heavy atom. The molecule has 1 aliphatic heterocycles. The Labute approximate surface area is 300 Å². The summed E-state index contributed by atoms with van der Waals surface area (Å²) >= 11 is 0. The lowest BCUT2D eigenvalue weighted by Gasteiger charge is -2.23. The maximum Gasteiger partial charge on any atom is 0.419 e. The van der Waals surface area contributed by atoms with Crippen molar-refractivity contribution in [2.24, 2.45) is 0 Å². The van der Waals surface area contributed by atoms with Gasteiger partial charge in [0, 0.05) is 23.9 Å². The minimum absolute atomic E-state index is 0.0218. The SMILES string of the molecule is C[C@H](NC(=O)OCC1c2ccccc2-c2ccccc21)C(=O)N[C@@H](Cc1cn(C(=O)OC(C)(C)C)c2ccccc12)C(=O)C(C#N)S1=CCCC1. The number of rotatable bonds is 10. The number of alkyl carbamates (subject to hydrolysis) is 1. The number of nitriles is 1. The summed E-state index contributed by atoms with van der Waals surface area (Å²) in [6, 6.07) is 23.3. The van der Waals surface area contributed by atoms with Crippen LogP contribution in [0, 0.1) is 11.3 Å². The molecule has 51 heavy (non-hydrogen) atoms. The molecule has 2 amide bonds. The summed E-state index contributed by atoms with van der Waals surface area (Å²) in [7, 11) is -0.541. The zero-order valence-electron chi connectivity index (χ0n) is 29.2. The number of ketones is 1. The van der Waals surface area contributed by atoms with E-state index in [0.717, 1.165) is 40.8 Å². The van der Waals surface area contributed by atoms with Gasteiger partial charge in [0.05, 0.1) is 17.6 Å². The van der Waals surface area contributed by atoms with Crippen LogP contribution in [0.15, 0.2) is 79.0 Å². The number of hydrogen-bond acceptors (Lipinski definition) is 7. The predicted molar refractivity (Wildman–Crippen MR) is 199 cm³/mol. The quantitative estimate of drug-likeness (QED) is 0.175. The average Bonchev–Trinajstić information content (AvgIpc) is 3.84. The smallest absolute Gasteiger partial charge is 0.419 e. The van der Waals surface area contributed by atoms with Crippen molar-refractivity contribution < 1.29 is 28.7 Å². The van der Waals surface area contributed by atoms with Gasteiger partial charge >= 0.3 is 12.2 Å². The number of para-hydroxylation sites is 1. The van der Waals surface area contributed by atoms with Crippen LogP contribution >= 0.6 is 10.5 Å². The molecule has 0 spiro atoms. The third kappa shape index (κ3) is 7.76. The van der Waals surface area contributed by atoms with Gasteiger partial charge < -0.3 is 20.1 Å². The molecule has 6 rings (SSSR count). The number of carbonyl (C=O) groups excluding carboxylic acids is 4. The maximum absolute atomic E-state index is 14.1. The van der Waals surface area contributed by atoms with E-state index in [1.54, 1.807) is 39.1 Å². The van der Waals surface area contributed by atoms with E-state index in [-0.39, 0.29) is 18.9 Å². The first-order valence-corrected chi connectivity index (χ1v) is 18.7. The number of benzene rings is 3. The molecule has 2 aliphatic rings. The highest BCUT2D eigenvalue weighted by molar-refractivity contribution is 8.16. The molecular weight excluding hydrogens is 665 g/mol. The van der Waals surface area contributed by atoms with Gasteiger partial charge in [-0.2, -0.15) is 15.7 Å². The van der Waals surface area contributed by atoms with E-state index in [4.69, 9.17) is 9.47 Å². The Hall–Kier alpha value is -5.21. The van der Waals surface area contributed by atoms with Crippen LogP contribution in [0.1, 0.15) is 63.1 Å². The minimum atomic E-state index is -1.10. The number of amides is 2. The maximum atomic E-state index is 14.1. The van der Waals surface area contributed by atoms with E-state index in [2.05, 4.69) is 28.8 Å². The van der Waals surface area contributed by atoms with Crippen LogP contribution < -0.4 is 10.6 Å². The largest absolute Gasteiger partial charge is 0.449 e. The average molecular weight is 707 g/mol. The second kappa shape index (κ2) is 15.0. The van der Waals surface area contributed by atoms with Gasteiger partial charge in [0.1, 0.15) is 23.5 Å². The number of ether oxygens (including phenoxy) is 2. The molecule has 1 aliphatic carbocycles. The minimum Gasteiger partial charge on any atom is -0.449 e. The molecule has 0 fully saturated rings. The summed E-state index contributed by atoms with van der Waals surface area (Å²) in [5.41, 5.74) is 4.83. The molecule has 2 N–H and O–H groups in total. The first-order chi connectivity index (χ1) is 24.4. The Balaban J connectivity index is 1.19. The van der Waals surface area contributed by atoms with E-state index >= 15 is 0 Å². The summed E-state index contributed by atoms with van der Waals surface area (Å²) in [5, 5.41) is 17.4. The van der Waals surface area contributed by atoms with Crippen molar-refractivity contribution in [1.29, 1.82) is 5.26 Å². The monoisotopic (exact) mass is 706 g/mol. The van der Waals surface area contributed by atoms with Crippen LogP contribution in [0.3, 0.4) is 0 Å². The summed E-state index contributed by atoms with van der Waals surface area (Å²) in [6.07, 6.45) is 2.03. The van der Waals surface area contributed by atoms with Gasteiger partial charge in [-0.25, -0.2) is 9.59 Å². The number of carbonyl (C=O) groups is 4. The lowest BCUT2D eigenvalue weighted by atomic mass is 9.98. The Morgan fingerprint density at radius 2 is 1.61 bits per heavy atom. The molecule has 2 unspecified atom stereocenters. The standard InChI is InChI=1S/C40H42N4O6S/c1-25(42-38(47)49-24-32-30-16-7-5-14-28(30)29-15-6-8-17-31(29)32)37(46)43-33(36(45)35(22-41)51-19-11-12-20-51)21-26-23-44(39(48)50-40(2,3)4)34-18-10-9-13-27(26)34/h5-10,13-19,23,25,32-33,35H,11-12,20-21,24H2,1-4H3,(H,42,47)(H,43,46)/t25-,33-,35?,51?/m0/s1. The first-order valence-electron chi connectivity index (χ1n) is 17.1. The summed E-state index contributed by atoms with van der Waals surface area (Å²) in [4.78, 5) is 53.9. The fourth-order valence-corrected chi connectivity index (χ4v) is 8.90. The van der Waals surface area contributed by atoms with E-state index < -0.39 is 57.3 Å². The molecule has 264 valence electrons. The molecule has 3 aromatic carbocycles. The number of fused-ring (bicyclic) bond motifs is 4. The predicted octanol–water partition coefficient (Wildman–Crippen LogP) is 6.71. The van der Waals surface area contributed by atoms with Gasteiger partial charge in [0.2, 0.25) is 5.91 Å². The highest BCUT2D eigenvalue weighted by Gasteiger charge is 2.34. The topological polar surface area (TPSA) is 140 Å². The number of Topliss-reactive ketones (excluding diaryl/α,β-unsaturated/α-hetero) is 1. The van der Waals surface area contributed by atoms with E-state index in [9.17, 15) is 24.4 Å². The third-order valence-corrected chi connectivity index (χ3v) is 11.5. The van der Waals surface area contributed by atoms with Gasteiger partial charge in [0.25, 0.3) is 0 Å². The highest BCUT2D eigenvalue weighted by Crippen LogP contribution is 2.44. The van der Waals surface area contributed by atoms with Gasteiger partial charge in [-0.15, -0.1) is 0 Å². The number of nitrogens with one attached hydrogen (secondary N) is 2. The summed E-state index contributed by atoms with van der Waals surface area (Å²) in [6.45, 7) is 6.94. The molecule has 4 aromatic rings. The molecular formula is C40H42N4O6S. The highest BCUT2D eigenvalue weighted by atomic mass is 32.2. The summed E-state index contributed by atoms with van der Waals surface area (Å²) < 4.78 is 12.7.